The summed E-state index contributed by atoms with van der Waals surface area (Å²) in [6, 6.07) is 8.24. The molecule has 2 heterocycles. The van der Waals surface area contributed by atoms with E-state index in [0.717, 1.165) is 14.2 Å². The molecular formula is C17H13N3O6. The second-order valence-corrected chi connectivity index (χ2v) is 5.39. The largest absolute Gasteiger partial charge is 0.466 e. The molecule has 0 aliphatic carbocycles. The van der Waals surface area contributed by atoms with E-state index in [2.05, 4.69) is 10.1 Å². The van der Waals surface area contributed by atoms with E-state index in [1.165, 1.54) is 0 Å². The second kappa shape index (κ2) is 5.93. The third kappa shape index (κ3) is 1.99. The SMILES string of the molecule is COC(=O)C1=C(C(=O)OC)C2(C(=O)Nc3ccccc32)C(C#N)=C(N)O1. The molecule has 3 rings (SSSR count). The van der Waals surface area contributed by atoms with Crippen molar-refractivity contribution in [3.8, 4) is 6.07 Å². The second-order valence-electron chi connectivity index (χ2n) is 5.39. The molecule has 9 nitrogen and oxygen atoms in total. The molecule has 132 valence electrons. The van der Waals surface area contributed by atoms with Gasteiger partial charge in [0.05, 0.1) is 14.2 Å². The van der Waals surface area contributed by atoms with Crippen LogP contribution in [-0.2, 0) is 34.0 Å². The van der Waals surface area contributed by atoms with Crippen LogP contribution in [0.4, 0.5) is 5.69 Å². The minimum atomic E-state index is -1.98. The molecule has 3 N–H and O–H groups in total. The van der Waals surface area contributed by atoms with E-state index in [4.69, 9.17) is 15.2 Å². The lowest BCUT2D eigenvalue weighted by Crippen LogP contribution is -2.46. The van der Waals surface area contributed by atoms with Crippen LogP contribution in [0.3, 0.4) is 0 Å². The first-order chi connectivity index (χ1) is 12.4. The van der Waals surface area contributed by atoms with Crippen molar-refractivity contribution >= 4 is 23.5 Å². The molecule has 0 radical (unpaired) electrons. The number of para-hydroxylation sites is 1. The number of fused-ring (bicyclic) bond motifs is 2. The van der Waals surface area contributed by atoms with Crippen molar-refractivity contribution in [3.63, 3.8) is 0 Å². The molecule has 0 bridgehead atoms. The number of hydrogen-bond donors (Lipinski definition) is 2. The van der Waals surface area contributed by atoms with Crippen LogP contribution in [0.1, 0.15) is 5.56 Å². The summed E-state index contributed by atoms with van der Waals surface area (Å²) in [5.74, 6) is -3.89. The van der Waals surface area contributed by atoms with Gasteiger partial charge in [-0.15, -0.1) is 0 Å². The Morgan fingerprint density at radius 1 is 1.23 bits per heavy atom. The van der Waals surface area contributed by atoms with Gasteiger partial charge in [0.1, 0.15) is 17.2 Å². The van der Waals surface area contributed by atoms with Gasteiger partial charge in [-0.1, -0.05) is 18.2 Å². The Morgan fingerprint density at radius 2 is 1.88 bits per heavy atom. The van der Waals surface area contributed by atoms with Crippen molar-refractivity contribution in [1.29, 1.82) is 5.26 Å². The molecule has 1 atom stereocenters. The van der Waals surface area contributed by atoms with E-state index in [0.29, 0.717) is 5.69 Å². The van der Waals surface area contributed by atoms with Crippen LogP contribution >= 0.6 is 0 Å². The lowest BCUT2D eigenvalue weighted by molar-refractivity contribution is -0.143. The summed E-state index contributed by atoms with van der Waals surface area (Å²) < 4.78 is 14.6. The Morgan fingerprint density at radius 3 is 2.50 bits per heavy atom. The minimum absolute atomic E-state index is 0.273. The number of ether oxygens (including phenoxy) is 3. The van der Waals surface area contributed by atoms with Crippen LogP contribution < -0.4 is 11.1 Å². The fourth-order valence-corrected chi connectivity index (χ4v) is 3.17. The number of carbonyl (C=O) groups is 3. The standard InChI is InChI=1S/C17H13N3O6/c1-24-14(21)11-12(15(22)25-2)26-13(19)9(7-18)17(11)8-5-3-4-6-10(8)20-16(17)23/h3-6H,19H2,1-2H3,(H,20,23). The van der Waals surface area contributed by atoms with Crippen molar-refractivity contribution in [2.24, 2.45) is 5.73 Å². The Bertz CT molecular complexity index is 955. The van der Waals surface area contributed by atoms with Gasteiger partial charge < -0.3 is 25.3 Å². The lowest BCUT2D eigenvalue weighted by Gasteiger charge is -2.33. The fourth-order valence-electron chi connectivity index (χ4n) is 3.17. The van der Waals surface area contributed by atoms with Gasteiger partial charge in [0, 0.05) is 11.3 Å². The number of nitrogens with zero attached hydrogens (tertiary/aromatic N) is 1. The van der Waals surface area contributed by atoms with Gasteiger partial charge in [-0.2, -0.15) is 5.26 Å². The number of nitrogens with two attached hydrogens (primary N) is 1. The first-order valence-electron chi connectivity index (χ1n) is 7.33. The molecule has 1 amide bonds. The summed E-state index contributed by atoms with van der Waals surface area (Å²) in [5, 5.41) is 12.2. The monoisotopic (exact) mass is 355 g/mol. The highest BCUT2D eigenvalue weighted by Gasteiger charge is 2.61. The van der Waals surface area contributed by atoms with Gasteiger partial charge in [-0.3, -0.25) is 4.79 Å². The number of amides is 1. The molecule has 26 heavy (non-hydrogen) atoms. The van der Waals surface area contributed by atoms with Crippen molar-refractivity contribution in [1.82, 2.24) is 0 Å². The summed E-state index contributed by atoms with van der Waals surface area (Å²) in [6.07, 6.45) is 0. The molecule has 1 aromatic carbocycles. The highest BCUT2D eigenvalue weighted by molar-refractivity contribution is 6.19. The number of esters is 2. The maximum Gasteiger partial charge on any atom is 0.374 e. The third-order valence-electron chi connectivity index (χ3n) is 4.23. The van der Waals surface area contributed by atoms with Gasteiger partial charge in [0.25, 0.3) is 0 Å². The summed E-state index contributed by atoms with van der Waals surface area (Å²) in [7, 11) is 2.15. The van der Waals surface area contributed by atoms with E-state index in [1.54, 1.807) is 24.3 Å². The number of hydrogen-bond acceptors (Lipinski definition) is 8. The van der Waals surface area contributed by atoms with Crippen LogP contribution in [-0.4, -0.2) is 32.1 Å². The molecule has 2 aliphatic heterocycles. The highest BCUT2D eigenvalue weighted by atomic mass is 16.6. The van der Waals surface area contributed by atoms with E-state index < -0.39 is 40.5 Å². The van der Waals surface area contributed by atoms with E-state index in [1.807, 2.05) is 6.07 Å². The fraction of sp³-hybridized carbons (Fsp3) is 0.176. The minimum Gasteiger partial charge on any atom is -0.466 e. The summed E-state index contributed by atoms with van der Waals surface area (Å²) in [6.45, 7) is 0. The maximum absolute atomic E-state index is 13.0. The zero-order valence-electron chi connectivity index (χ0n) is 13.8. The van der Waals surface area contributed by atoms with Gasteiger partial charge in [0.15, 0.2) is 5.41 Å². The van der Waals surface area contributed by atoms with Crippen molar-refractivity contribution in [3.05, 3.63) is 52.6 Å². The number of nitrogens with one attached hydrogen (secondary N) is 1. The molecule has 2 aliphatic rings. The average molecular weight is 355 g/mol. The Balaban J connectivity index is 2.48. The number of carbonyl (C=O) groups excluding carboxylic acids is 3. The summed E-state index contributed by atoms with van der Waals surface area (Å²) in [4.78, 5) is 37.8. The molecule has 1 unspecified atom stereocenters. The van der Waals surface area contributed by atoms with Gasteiger partial charge in [0.2, 0.25) is 17.5 Å². The van der Waals surface area contributed by atoms with E-state index >= 15 is 0 Å². The first kappa shape index (κ1) is 17.0. The zero-order chi connectivity index (χ0) is 19.1. The van der Waals surface area contributed by atoms with Crippen LogP contribution in [0.15, 0.2) is 47.1 Å². The molecule has 1 aromatic rings. The van der Waals surface area contributed by atoms with Gasteiger partial charge in [-0.05, 0) is 6.07 Å². The van der Waals surface area contributed by atoms with Crippen LogP contribution in [0.2, 0.25) is 0 Å². The first-order valence-corrected chi connectivity index (χ1v) is 7.33. The Labute approximate surface area is 147 Å². The summed E-state index contributed by atoms with van der Waals surface area (Å²) in [5.41, 5.74) is 3.67. The number of nitriles is 1. The predicted molar refractivity (Wildman–Crippen MR) is 85.7 cm³/mol. The van der Waals surface area contributed by atoms with Gasteiger partial charge in [-0.25, -0.2) is 9.59 Å². The van der Waals surface area contributed by atoms with E-state index in [9.17, 15) is 19.6 Å². The van der Waals surface area contributed by atoms with Crippen molar-refractivity contribution < 1.29 is 28.6 Å². The quantitative estimate of drug-likeness (QED) is 0.717. The molecule has 1 spiro atoms. The molecule has 0 saturated carbocycles. The van der Waals surface area contributed by atoms with Gasteiger partial charge >= 0.3 is 11.9 Å². The molecule has 0 aromatic heterocycles. The average Bonchev–Trinajstić information content (AvgIpc) is 2.93. The molecular weight excluding hydrogens is 342 g/mol. The normalized spacial score (nSPS) is 20.9. The van der Waals surface area contributed by atoms with Crippen LogP contribution in [0.25, 0.3) is 0 Å². The topological polar surface area (TPSA) is 141 Å². The van der Waals surface area contributed by atoms with E-state index in [-0.39, 0.29) is 11.1 Å². The lowest BCUT2D eigenvalue weighted by atomic mass is 9.68. The zero-order valence-corrected chi connectivity index (χ0v) is 13.8. The van der Waals surface area contributed by atoms with Crippen LogP contribution in [0, 0.1) is 11.3 Å². The Hall–Kier alpha value is -3.80. The Kier molecular flexibility index (Phi) is 3.88. The van der Waals surface area contributed by atoms with Crippen LogP contribution in [0.5, 0.6) is 0 Å². The number of benzene rings is 1. The third-order valence-corrected chi connectivity index (χ3v) is 4.23. The number of methoxy groups -OCH3 is 2. The highest BCUT2D eigenvalue weighted by Crippen LogP contribution is 2.51. The number of rotatable bonds is 2. The smallest absolute Gasteiger partial charge is 0.374 e. The van der Waals surface area contributed by atoms with Crippen molar-refractivity contribution in [2.45, 2.75) is 5.41 Å². The molecule has 9 heteroatoms. The van der Waals surface area contributed by atoms with Crippen molar-refractivity contribution in [2.75, 3.05) is 19.5 Å². The number of anilines is 1. The maximum atomic E-state index is 13.0. The predicted octanol–water partition coefficient (Wildman–Crippen LogP) is 0.201. The molecule has 0 fully saturated rings. The molecule has 0 saturated heterocycles. The summed E-state index contributed by atoms with van der Waals surface area (Å²) >= 11 is 0.